The van der Waals surface area contributed by atoms with Gasteiger partial charge in [0.15, 0.2) is 0 Å². The van der Waals surface area contributed by atoms with Crippen LogP contribution in [-0.2, 0) is 14.3 Å². The normalized spacial score (nSPS) is 19.4. The number of piperazine rings is 1. The van der Waals surface area contributed by atoms with Crippen LogP contribution in [0, 0.1) is 0 Å². The van der Waals surface area contributed by atoms with E-state index in [0.717, 1.165) is 54.7 Å². The van der Waals surface area contributed by atoms with Gasteiger partial charge in [-0.2, -0.15) is 18.3 Å². The highest BCUT2D eigenvalue weighted by molar-refractivity contribution is 9.10. The number of piperidine rings is 1. The van der Waals surface area contributed by atoms with E-state index in [1.807, 2.05) is 18.2 Å². The van der Waals surface area contributed by atoms with Crippen LogP contribution in [0.3, 0.4) is 0 Å². The summed E-state index contributed by atoms with van der Waals surface area (Å²) in [4.78, 5) is 28.8. The summed E-state index contributed by atoms with van der Waals surface area (Å²) in [6.45, 7) is 4.34. The number of likely N-dealkylation sites (tertiary alicyclic amines) is 1. The Hall–Kier alpha value is -2.18. The molecular formula is C20H25BrF3N5O3. The lowest BCUT2D eigenvalue weighted by Gasteiger charge is -2.43. The molecule has 8 nitrogen and oxygen atoms in total. The molecule has 1 aromatic rings. The molecule has 2 aliphatic rings. The van der Waals surface area contributed by atoms with Crippen LogP contribution in [0.5, 0.6) is 0 Å². The highest BCUT2D eigenvalue weighted by atomic mass is 79.9. The molecule has 0 spiro atoms. The number of alkyl halides is 3. The number of hydrogen-bond donors (Lipinski definition) is 1. The molecule has 0 atom stereocenters. The summed E-state index contributed by atoms with van der Waals surface area (Å²) in [6, 6.07) is 6.33. The number of anilines is 1. The smallest absolute Gasteiger partial charge is 0.385 e. The molecule has 0 bridgehead atoms. The minimum Gasteiger partial charge on any atom is -0.385 e. The van der Waals surface area contributed by atoms with Crippen molar-refractivity contribution in [3.63, 3.8) is 0 Å². The maximum absolute atomic E-state index is 12.2. The van der Waals surface area contributed by atoms with E-state index < -0.39 is 18.1 Å². The predicted molar refractivity (Wildman–Crippen MR) is 116 cm³/mol. The zero-order valence-corrected chi connectivity index (χ0v) is 18.9. The van der Waals surface area contributed by atoms with Gasteiger partial charge in [-0.3, -0.25) is 14.6 Å². The van der Waals surface area contributed by atoms with Gasteiger partial charge in [0.2, 0.25) is 0 Å². The summed E-state index contributed by atoms with van der Waals surface area (Å²) in [6.07, 6.45) is -1.97. The Labute approximate surface area is 192 Å². The number of ether oxygens (including phenoxy) is 1. The molecule has 2 aliphatic heterocycles. The third kappa shape index (κ3) is 6.42. The molecule has 0 amide bonds. The first-order chi connectivity index (χ1) is 15.2. The van der Waals surface area contributed by atoms with Crippen molar-refractivity contribution in [2.24, 2.45) is 10.9 Å². The third-order valence-corrected chi connectivity index (χ3v) is 6.35. The van der Waals surface area contributed by atoms with E-state index in [1.54, 1.807) is 11.1 Å². The third-order valence-electron chi connectivity index (χ3n) is 5.71. The summed E-state index contributed by atoms with van der Waals surface area (Å²) in [5.41, 5.74) is 2.03. The van der Waals surface area contributed by atoms with E-state index in [0.29, 0.717) is 19.1 Å². The Morgan fingerprint density at radius 1 is 1.16 bits per heavy atom. The molecule has 0 aliphatic carbocycles. The van der Waals surface area contributed by atoms with Crippen molar-refractivity contribution < 1.29 is 27.5 Å². The van der Waals surface area contributed by atoms with Gasteiger partial charge in [-0.05, 0) is 46.5 Å². The van der Waals surface area contributed by atoms with Crippen molar-refractivity contribution >= 4 is 39.8 Å². The van der Waals surface area contributed by atoms with Crippen molar-refractivity contribution in [2.75, 3.05) is 50.7 Å². The zero-order chi connectivity index (χ0) is 23.3. The summed E-state index contributed by atoms with van der Waals surface area (Å²) in [5, 5.41) is 3.54. The van der Waals surface area contributed by atoms with Gasteiger partial charge in [-0.1, -0.05) is 6.07 Å². The van der Waals surface area contributed by atoms with E-state index in [1.165, 1.54) is 0 Å². The molecule has 2 fully saturated rings. The van der Waals surface area contributed by atoms with Crippen LogP contribution in [0.4, 0.5) is 18.9 Å². The molecule has 32 heavy (non-hydrogen) atoms. The number of nitrogens with zero attached hydrogens (tertiary/aromatic N) is 4. The van der Waals surface area contributed by atoms with E-state index in [2.05, 4.69) is 35.6 Å². The molecule has 2 saturated heterocycles. The first-order valence-corrected chi connectivity index (χ1v) is 11.0. The monoisotopic (exact) mass is 519 g/mol. The van der Waals surface area contributed by atoms with E-state index in [9.17, 15) is 22.8 Å². The second-order valence-electron chi connectivity index (χ2n) is 7.78. The molecule has 1 aromatic carbocycles. The van der Waals surface area contributed by atoms with Gasteiger partial charge >= 0.3 is 18.1 Å². The first-order valence-electron chi connectivity index (χ1n) is 10.2. The second kappa shape index (κ2) is 10.6. The zero-order valence-electron chi connectivity index (χ0n) is 17.4. The van der Waals surface area contributed by atoms with Crippen molar-refractivity contribution in [3.8, 4) is 0 Å². The number of hydrogen-bond acceptors (Lipinski definition) is 8. The minimum atomic E-state index is -5.17. The van der Waals surface area contributed by atoms with E-state index in [-0.39, 0.29) is 6.54 Å². The van der Waals surface area contributed by atoms with Crippen LogP contribution in [-0.4, -0.2) is 86.0 Å². The molecule has 2 N–H and O–H groups in total. The average molecular weight is 520 g/mol. The lowest BCUT2D eigenvalue weighted by molar-refractivity contribution is -0.202. The van der Waals surface area contributed by atoms with Crippen molar-refractivity contribution in [3.05, 3.63) is 28.2 Å². The Bertz CT molecular complexity index is 851. The highest BCUT2D eigenvalue weighted by Crippen LogP contribution is 2.29. The topological polar surface area (TPSA) is 91.5 Å². The van der Waals surface area contributed by atoms with Gasteiger partial charge in [0.25, 0.3) is 0 Å². The van der Waals surface area contributed by atoms with E-state index >= 15 is 0 Å². The van der Waals surface area contributed by atoms with Gasteiger partial charge in [-0.15, -0.1) is 0 Å². The minimum absolute atomic E-state index is 0.318. The van der Waals surface area contributed by atoms with Crippen LogP contribution in [0.25, 0.3) is 0 Å². The predicted octanol–water partition coefficient (Wildman–Crippen LogP) is 1.96. The number of benzene rings is 1. The Morgan fingerprint density at radius 3 is 2.38 bits per heavy atom. The maximum Gasteiger partial charge on any atom is 0.491 e. The van der Waals surface area contributed by atoms with Crippen LogP contribution in [0.15, 0.2) is 27.8 Å². The summed E-state index contributed by atoms with van der Waals surface area (Å²) >= 11 is 3.61. The van der Waals surface area contributed by atoms with E-state index in [4.69, 9.17) is 5.84 Å². The molecule has 0 saturated carbocycles. The number of carbonyl (C=O) groups excluding carboxylic acids is 2. The fourth-order valence-electron chi connectivity index (χ4n) is 4.09. The van der Waals surface area contributed by atoms with Crippen LogP contribution in [0.1, 0.15) is 18.4 Å². The lowest BCUT2D eigenvalue weighted by atomic mass is 10.0. The van der Waals surface area contributed by atoms with Gasteiger partial charge in [-0.25, -0.2) is 4.79 Å². The van der Waals surface area contributed by atoms with Gasteiger partial charge < -0.3 is 15.5 Å². The van der Waals surface area contributed by atoms with Gasteiger partial charge in [0.05, 0.1) is 18.4 Å². The van der Waals surface area contributed by atoms with Crippen molar-refractivity contribution in [1.82, 2.24) is 9.80 Å². The number of rotatable bonds is 5. The quantitative estimate of drug-likeness (QED) is 0.209. The summed E-state index contributed by atoms with van der Waals surface area (Å²) in [5.74, 6) is 1.56. The highest BCUT2D eigenvalue weighted by Gasteiger charge is 2.42. The second-order valence-corrected chi connectivity index (χ2v) is 8.63. The fourth-order valence-corrected chi connectivity index (χ4v) is 4.74. The fraction of sp³-hybridized carbons (Fsp3) is 0.550. The largest absolute Gasteiger partial charge is 0.491 e. The number of carbonyl (C=O) groups is 2. The Kier molecular flexibility index (Phi) is 8.12. The Morgan fingerprint density at radius 2 is 1.81 bits per heavy atom. The number of halogens is 4. The molecular weight excluding hydrogens is 495 g/mol. The molecule has 12 heteroatoms. The van der Waals surface area contributed by atoms with Gasteiger partial charge in [0, 0.05) is 49.8 Å². The number of esters is 2. The molecule has 0 unspecified atom stereocenters. The van der Waals surface area contributed by atoms with Crippen LogP contribution >= 0.6 is 15.9 Å². The lowest BCUT2D eigenvalue weighted by Crippen LogP contribution is -2.53. The number of nitrogens with two attached hydrogens (primary N) is 1. The van der Waals surface area contributed by atoms with Crippen molar-refractivity contribution in [1.29, 1.82) is 0 Å². The Balaban J connectivity index is 1.43. The molecule has 3 rings (SSSR count). The summed E-state index contributed by atoms with van der Waals surface area (Å²) in [7, 11) is 0. The average Bonchev–Trinajstić information content (AvgIpc) is 2.74. The first kappa shape index (κ1) is 24.5. The summed E-state index contributed by atoms with van der Waals surface area (Å²) < 4.78 is 41.4. The molecule has 0 radical (unpaired) electrons. The molecule has 0 aromatic heterocycles. The van der Waals surface area contributed by atoms with Crippen LogP contribution in [0.2, 0.25) is 0 Å². The van der Waals surface area contributed by atoms with Crippen molar-refractivity contribution in [2.45, 2.75) is 25.1 Å². The number of hydrazone groups is 1. The van der Waals surface area contributed by atoms with Gasteiger partial charge in [0.1, 0.15) is 0 Å². The molecule has 2 heterocycles. The standard InChI is InChI=1S/C20H25BrF3N5O3/c21-16-11-14(12-26-25)1-2-17(16)29-9-7-28(8-10-29)15-3-5-27(6-4-15)13-18(30)32-19(31)20(22,23)24/h1-2,11-12,15H,3-10,13,25H2/b26-12+. The SMILES string of the molecule is N/N=C/c1ccc(N2CCN(C3CCN(CC(=O)OC(=O)C(F)(F)F)CC3)CC2)c(Br)c1. The maximum atomic E-state index is 12.2. The van der Waals surface area contributed by atoms with Crippen LogP contribution < -0.4 is 10.7 Å². The molecule has 176 valence electrons.